The molecule has 0 bridgehead atoms. The smallest absolute Gasteiger partial charge is 0.244 e. The van der Waals surface area contributed by atoms with Gasteiger partial charge >= 0.3 is 0 Å². The molecule has 18 heavy (non-hydrogen) atoms. The lowest BCUT2D eigenvalue weighted by molar-refractivity contribution is -0.533. The van der Waals surface area contributed by atoms with Crippen molar-refractivity contribution in [2.24, 2.45) is 0 Å². The Morgan fingerprint density at radius 3 is 1.78 bits per heavy atom. The van der Waals surface area contributed by atoms with Gasteiger partial charge in [-0.15, -0.1) is 0 Å². The maximum atomic E-state index is 11.3. The molecule has 2 rings (SSSR count). The van der Waals surface area contributed by atoms with Crippen LogP contribution in [0, 0.1) is 10.1 Å². The minimum atomic E-state index is -0.700. The molecule has 0 heterocycles. The summed E-state index contributed by atoms with van der Waals surface area (Å²) in [6, 6.07) is 18.1. The maximum absolute atomic E-state index is 11.3. The van der Waals surface area contributed by atoms with E-state index in [4.69, 9.17) is 0 Å². The van der Waals surface area contributed by atoms with Crippen molar-refractivity contribution in [1.29, 1.82) is 0 Å². The van der Waals surface area contributed by atoms with Gasteiger partial charge in [0.1, 0.15) is 0 Å². The number of benzene rings is 2. The molecule has 3 nitrogen and oxygen atoms in total. The SMILES string of the molecule is C[C@@H](c1ccccc1)C(c1ccccc1)[N+](=O)[O-]. The summed E-state index contributed by atoms with van der Waals surface area (Å²) in [5, 5.41) is 11.3. The van der Waals surface area contributed by atoms with Gasteiger partial charge in [-0.3, -0.25) is 10.1 Å². The molecule has 0 amide bonds. The second-order valence-electron chi connectivity index (χ2n) is 4.34. The molecule has 0 aliphatic heterocycles. The molecule has 2 aromatic rings. The van der Waals surface area contributed by atoms with Crippen LogP contribution in [-0.2, 0) is 0 Å². The van der Waals surface area contributed by atoms with Gasteiger partial charge in [-0.2, -0.15) is 0 Å². The minimum Gasteiger partial charge on any atom is -0.264 e. The highest BCUT2D eigenvalue weighted by atomic mass is 16.6. The van der Waals surface area contributed by atoms with E-state index in [1.807, 2.05) is 67.6 Å². The van der Waals surface area contributed by atoms with Gasteiger partial charge in [0.15, 0.2) is 0 Å². The van der Waals surface area contributed by atoms with Gasteiger partial charge in [0.2, 0.25) is 6.04 Å². The highest BCUT2D eigenvalue weighted by Crippen LogP contribution is 2.32. The summed E-state index contributed by atoms with van der Waals surface area (Å²) in [6.07, 6.45) is 0. The van der Waals surface area contributed by atoms with Crippen LogP contribution in [0.4, 0.5) is 0 Å². The van der Waals surface area contributed by atoms with E-state index in [2.05, 4.69) is 0 Å². The third kappa shape index (κ3) is 2.56. The standard InChI is InChI=1S/C15H15NO2/c1-12(13-8-4-2-5-9-13)15(16(17)18)14-10-6-3-7-11-14/h2-12,15H,1H3/t12-,15?/m0/s1. The fourth-order valence-electron chi connectivity index (χ4n) is 2.18. The second kappa shape index (κ2) is 5.45. The molecule has 0 aliphatic carbocycles. The van der Waals surface area contributed by atoms with Crippen molar-refractivity contribution in [2.45, 2.75) is 18.9 Å². The van der Waals surface area contributed by atoms with Crippen molar-refractivity contribution in [3.8, 4) is 0 Å². The quantitative estimate of drug-likeness (QED) is 0.603. The second-order valence-corrected chi connectivity index (χ2v) is 4.34. The Hall–Kier alpha value is -2.16. The number of nitro groups is 1. The van der Waals surface area contributed by atoms with Crippen LogP contribution in [0.5, 0.6) is 0 Å². The van der Waals surface area contributed by atoms with Gasteiger partial charge in [-0.1, -0.05) is 67.6 Å². The van der Waals surface area contributed by atoms with Gasteiger partial charge in [0, 0.05) is 10.5 Å². The largest absolute Gasteiger partial charge is 0.264 e. The van der Waals surface area contributed by atoms with E-state index in [9.17, 15) is 10.1 Å². The van der Waals surface area contributed by atoms with Crippen LogP contribution in [0.25, 0.3) is 0 Å². The number of hydrogen-bond acceptors (Lipinski definition) is 2. The zero-order valence-electron chi connectivity index (χ0n) is 10.2. The topological polar surface area (TPSA) is 43.1 Å². The van der Waals surface area contributed by atoms with Crippen molar-refractivity contribution in [3.63, 3.8) is 0 Å². The fourth-order valence-corrected chi connectivity index (χ4v) is 2.18. The molecule has 0 fully saturated rings. The third-order valence-corrected chi connectivity index (χ3v) is 3.17. The molecule has 0 radical (unpaired) electrons. The van der Waals surface area contributed by atoms with E-state index < -0.39 is 6.04 Å². The Balaban J connectivity index is 2.35. The van der Waals surface area contributed by atoms with Crippen LogP contribution >= 0.6 is 0 Å². The van der Waals surface area contributed by atoms with E-state index in [0.29, 0.717) is 0 Å². The molecular weight excluding hydrogens is 226 g/mol. The van der Waals surface area contributed by atoms with Crippen LogP contribution in [0.1, 0.15) is 30.0 Å². The minimum absolute atomic E-state index is 0.149. The van der Waals surface area contributed by atoms with Gasteiger partial charge in [0.05, 0.1) is 5.92 Å². The molecule has 1 unspecified atom stereocenters. The maximum Gasteiger partial charge on any atom is 0.244 e. The average molecular weight is 241 g/mol. The highest BCUT2D eigenvalue weighted by Gasteiger charge is 2.30. The predicted octanol–water partition coefficient (Wildman–Crippen LogP) is 3.81. The first-order valence-electron chi connectivity index (χ1n) is 5.93. The molecule has 92 valence electrons. The van der Waals surface area contributed by atoms with E-state index in [-0.39, 0.29) is 10.8 Å². The number of nitrogens with zero attached hydrogens (tertiary/aromatic N) is 1. The predicted molar refractivity (Wildman–Crippen MR) is 71.0 cm³/mol. The lowest BCUT2D eigenvalue weighted by Crippen LogP contribution is -2.17. The van der Waals surface area contributed by atoms with Crippen molar-refractivity contribution in [1.82, 2.24) is 0 Å². The van der Waals surface area contributed by atoms with Gasteiger partial charge in [0.25, 0.3) is 0 Å². The lowest BCUT2D eigenvalue weighted by Gasteiger charge is -2.17. The molecule has 0 spiro atoms. The lowest BCUT2D eigenvalue weighted by atomic mass is 9.89. The summed E-state index contributed by atoms with van der Waals surface area (Å²) in [4.78, 5) is 11.1. The number of rotatable bonds is 4. The Kier molecular flexibility index (Phi) is 3.72. The third-order valence-electron chi connectivity index (χ3n) is 3.17. The summed E-state index contributed by atoms with van der Waals surface area (Å²) in [7, 11) is 0. The van der Waals surface area contributed by atoms with Crippen LogP contribution in [0.15, 0.2) is 60.7 Å². The van der Waals surface area contributed by atoms with Crippen LogP contribution < -0.4 is 0 Å². The molecular formula is C15H15NO2. The van der Waals surface area contributed by atoms with Crippen molar-refractivity contribution < 1.29 is 4.92 Å². The molecule has 3 heteroatoms. The summed E-state index contributed by atoms with van der Waals surface area (Å²) < 4.78 is 0. The van der Waals surface area contributed by atoms with Gasteiger partial charge in [-0.05, 0) is 5.56 Å². The van der Waals surface area contributed by atoms with E-state index >= 15 is 0 Å². The van der Waals surface area contributed by atoms with Crippen LogP contribution in [-0.4, -0.2) is 4.92 Å². The Morgan fingerprint density at radius 1 is 0.889 bits per heavy atom. The van der Waals surface area contributed by atoms with Crippen LogP contribution in [0.3, 0.4) is 0 Å². The first-order chi connectivity index (χ1) is 8.70. The normalized spacial score (nSPS) is 13.8. The highest BCUT2D eigenvalue weighted by molar-refractivity contribution is 5.26. The van der Waals surface area contributed by atoms with Crippen molar-refractivity contribution in [3.05, 3.63) is 81.9 Å². The zero-order valence-corrected chi connectivity index (χ0v) is 10.2. The molecule has 0 saturated carbocycles. The molecule has 0 aromatic heterocycles. The van der Waals surface area contributed by atoms with E-state index in [1.54, 1.807) is 0 Å². The summed E-state index contributed by atoms with van der Waals surface area (Å²) in [6.45, 7) is 1.90. The summed E-state index contributed by atoms with van der Waals surface area (Å²) in [5.41, 5.74) is 1.74. The first-order valence-corrected chi connectivity index (χ1v) is 5.93. The molecule has 0 saturated heterocycles. The van der Waals surface area contributed by atoms with Crippen LogP contribution in [0.2, 0.25) is 0 Å². The number of hydrogen-bond donors (Lipinski definition) is 0. The molecule has 2 aromatic carbocycles. The molecule has 2 atom stereocenters. The zero-order chi connectivity index (χ0) is 13.0. The van der Waals surface area contributed by atoms with Gasteiger partial charge in [-0.25, -0.2) is 0 Å². The summed E-state index contributed by atoms with van der Waals surface area (Å²) >= 11 is 0. The van der Waals surface area contributed by atoms with Gasteiger partial charge < -0.3 is 0 Å². The Labute approximate surface area is 106 Å². The first kappa shape index (κ1) is 12.3. The van der Waals surface area contributed by atoms with E-state index in [1.165, 1.54) is 0 Å². The Bertz CT molecular complexity index is 511. The van der Waals surface area contributed by atoms with E-state index in [0.717, 1.165) is 11.1 Å². The van der Waals surface area contributed by atoms with Crippen molar-refractivity contribution in [2.75, 3.05) is 0 Å². The molecule has 0 N–H and O–H groups in total. The fraction of sp³-hybridized carbons (Fsp3) is 0.200. The Morgan fingerprint density at radius 2 is 1.33 bits per heavy atom. The average Bonchev–Trinajstić information content (AvgIpc) is 2.40. The monoisotopic (exact) mass is 241 g/mol. The van der Waals surface area contributed by atoms with Crippen molar-refractivity contribution >= 4 is 0 Å². The molecule has 0 aliphatic rings. The summed E-state index contributed by atoms with van der Waals surface area (Å²) in [5.74, 6) is -0.149.